The molecule has 0 saturated heterocycles. The van der Waals surface area contributed by atoms with Crippen molar-refractivity contribution < 1.29 is 4.79 Å². The van der Waals surface area contributed by atoms with E-state index in [4.69, 9.17) is 5.73 Å². The van der Waals surface area contributed by atoms with Gasteiger partial charge in [-0.05, 0) is 68.6 Å². The highest BCUT2D eigenvalue weighted by atomic mass is 16.2. The fourth-order valence-electron chi connectivity index (χ4n) is 5.97. The molecular weight excluding hydrogens is 248 g/mol. The predicted octanol–water partition coefficient (Wildman–Crippen LogP) is 2.44. The van der Waals surface area contributed by atoms with Crippen LogP contribution in [0.4, 0.5) is 0 Å². The van der Waals surface area contributed by atoms with Crippen LogP contribution in [0.25, 0.3) is 0 Å². The molecule has 1 amide bonds. The highest BCUT2D eigenvalue weighted by Crippen LogP contribution is 2.56. The normalized spacial score (nSPS) is 50.1. The Morgan fingerprint density at radius 2 is 1.50 bits per heavy atom. The zero-order valence-corrected chi connectivity index (χ0v) is 12.4. The van der Waals surface area contributed by atoms with Crippen LogP contribution >= 0.6 is 0 Å². The summed E-state index contributed by atoms with van der Waals surface area (Å²) >= 11 is 0. The van der Waals surface area contributed by atoms with Crippen molar-refractivity contribution in [3.8, 4) is 0 Å². The van der Waals surface area contributed by atoms with Gasteiger partial charge in [-0.2, -0.15) is 0 Å². The van der Waals surface area contributed by atoms with Crippen LogP contribution in [0.15, 0.2) is 0 Å². The van der Waals surface area contributed by atoms with Crippen molar-refractivity contribution in [1.29, 1.82) is 0 Å². The van der Waals surface area contributed by atoms with Gasteiger partial charge in [0.25, 0.3) is 0 Å². The van der Waals surface area contributed by atoms with Crippen LogP contribution in [-0.4, -0.2) is 18.0 Å². The molecular formula is C17H28N2O. The summed E-state index contributed by atoms with van der Waals surface area (Å²) in [6, 6.07) is 0.429. The number of nitrogens with two attached hydrogens (primary N) is 1. The van der Waals surface area contributed by atoms with E-state index >= 15 is 0 Å². The predicted molar refractivity (Wildman–Crippen MR) is 78.9 cm³/mol. The van der Waals surface area contributed by atoms with Gasteiger partial charge in [0, 0.05) is 18.0 Å². The number of amides is 1. The summed E-state index contributed by atoms with van der Waals surface area (Å²) in [6.45, 7) is 0. The van der Waals surface area contributed by atoms with Gasteiger partial charge in [0.15, 0.2) is 0 Å². The summed E-state index contributed by atoms with van der Waals surface area (Å²) in [5, 5.41) is 3.33. The molecule has 5 rings (SSSR count). The Kier molecular flexibility index (Phi) is 3.29. The van der Waals surface area contributed by atoms with Crippen molar-refractivity contribution in [3.05, 3.63) is 0 Å². The standard InChI is InChI=1S/C17H28N2O/c18-14-3-1-2-4-15(14)19-17(20)16-12-6-10-5-11(8-12)9-13(16)7-10/h10-16H,1-9,18H2,(H,19,20)/t10?,11?,12?,13?,14-,15-,16?/m1/s1. The van der Waals surface area contributed by atoms with Gasteiger partial charge in [0.2, 0.25) is 5.91 Å². The molecule has 5 aliphatic carbocycles. The zero-order chi connectivity index (χ0) is 13.7. The van der Waals surface area contributed by atoms with Crippen molar-refractivity contribution in [2.45, 2.75) is 69.9 Å². The number of hydrogen-bond donors (Lipinski definition) is 2. The zero-order valence-electron chi connectivity index (χ0n) is 12.4. The Morgan fingerprint density at radius 1 is 0.900 bits per heavy atom. The first kappa shape index (κ1) is 13.1. The molecule has 5 fully saturated rings. The SMILES string of the molecule is N[C@@H]1CCCC[C@H]1NC(=O)C1C2CC3CC(C2)CC1C3. The van der Waals surface area contributed by atoms with Crippen molar-refractivity contribution in [3.63, 3.8) is 0 Å². The lowest BCUT2D eigenvalue weighted by Gasteiger charge is -2.54. The van der Waals surface area contributed by atoms with Gasteiger partial charge in [-0.15, -0.1) is 0 Å². The van der Waals surface area contributed by atoms with Gasteiger partial charge in [-0.25, -0.2) is 0 Å². The molecule has 2 atom stereocenters. The summed E-state index contributed by atoms with van der Waals surface area (Å²) in [4.78, 5) is 12.8. The smallest absolute Gasteiger partial charge is 0.223 e. The summed E-state index contributed by atoms with van der Waals surface area (Å²) in [7, 11) is 0. The summed E-state index contributed by atoms with van der Waals surface area (Å²) in [5.41, 5.74) is 6.19. The summed E-state index contributed by atoms with van der Waals surface area (Å²) in [5.74, 6) is 3.92. The minimum atomic E-state index is 0.185. The molecule has 4 bridgehead atoms. The summed E-state index contributed by atoms with van der Waals surface area (Å²) in [6.07, 6.45) is 11.3. The fraction of sp³-hybridized carbons (Fsp3) is 0.941. The Labute approximate surface area is 122 Å². The molecule has 0 aromatic heterocycles. The van der Waals surface area contributed by atoms with Gasteiger partial charge in [0.1, 0.15) is 0 Å². The fourth-order valence-corrected chi connectivity index (χ4v) is 5.97. The minimum absolute atomic E-state index is 0.185. The first-order valence-electron chi connectivity index (χ1n) is 8.76. The maximum Gasteiger partial charge on any atom is 0.223 e. The maximum absolute atomic E-state index is 12.8. The number of carbonyl (C=O) groups is 1. The largest absolute Gasteiger partial charge is 0.352 e. The monoisotopic (exact) mass is 276 g/mol. The third-order valence-electron chi connectivity index (χ3n) is 6.68. The highest BCUT2D eigenvalue weighted by molar-refractivity contribution is 5.80. The molecule has 0 unspecified atom stereocenters. The van der Waals surface area contributed by atoms with Crippen LogP contribution in [0.2, 0.25) is 0 Å². The molecule has 0 spiro atoms. The average molecular weight is 276 g/mol. The molecule has 20 heavy (non-hydrogen) atoms. The molecule has 5 aliphatic rings. The average Bonchev–Trinajstić information content (AvgIpc) is 2.40. The van der Waals surface area contributed by atoms with Crippen LogP contribution in [0.3, 0.4) is 0 Å². The van der Waals surface area contributed by atoms with Crippen molar-refractivity contribution >= 4 is 5.91 Å². The third-order valence-corrected chi connectivity index (χ3v) is 6.68. The van der Waals surface area contributed by atoms with Crippen LogP contribution in [0, 0.1) is 29.6 Å². The van der Waals surface area contributed by atoms with E-state index in [0.717, 1.165) is 24.7 Å². The van der Waals surface area contributed by atoms with Crippen molar-refractivity contribution in [2.75, 3.05) is 0 Å². The number of carbonyl (C=O) groups excluding carboxylic acids is 1. The van der Waals surface area contributed by atoms with Gasteiger partial charge >= 0.3 is 0 Å². The van der Waals surface area contributed by atoms with Crippen LogP contribution in [0.1, 0.15) is 57.8 Å². The lowest BCUT2D eigenvalue weighted by Crippen LogP contribution is -2.56. The van der Waals surface area contributed by atoms with Gasteiger partial charge in [-0.3, -0.25) is 4.79 Å². The van der Waals surface area contributed by atoms with E-state index in [9.17, 15) is 4.79 Å². The van der Waals surface area contributed by atoms with Crippen molar-refractivity contribution in [1.82, 2.24) is 5.32 Å². The molecule has 5 saturated carbocycles. The van der Waals surface area contributed by atoms with E-state index in [1.54, 1.807) is 0 Å². The molecule has 3 N–H and O–H groups in total. The molecule has 0 radical (unpaired) electrons. The first-order chi connectivity index (χ1) is 9.70. The van der Waals surface area contributed by atoms with Gasteiger partial charge in [-0.1, -0.05) is 12.8 Å². The number of hydrogen-bond acceptors (Lipinski definition) is 2. The molecule has 0 aromatic rings. The lowest BCUT2D eigenvalue weighted by atomic mass is 9.51. The summed E-state index contributed by atoms with van der Waals surface area (Å²) < 4.78 is 0. The van der Waals surface area contributed by atoms with Crippen LogP contribution < -0.4 is 11.1 Å². The molecule has 0 aliphatic heterocycles. The second-order valence-electron chi connectivity index (χ2n) is 8.02. The number of rotatable bonds is 2. The lowest BCUT2D eigenvalue weighted by molar-refractivity contribution is -0.139. The molecule has 3 nitrogen and oxygen atoms in total. The Hall–Kier alpha value is -0.570. The van der Waals surface area contributed by atoms with E-state index < -0.39 is 0 Å². The minimum Gasteiger partial charge on any atom is -0.352 e. The number of nitrogens with one attached hydrogen (secondary N) is 1. The van der Waals surface area contributed by atoms with E-state index in [-0.39, 0.29) is 12.1 Å². The molecule has 0 heterocycles. The Balaban J connectivity index is 1.43. The topological polar surface area (TPSA) is 55.1 Å². The van der Waals surface area contributed by atoms with E-state index in [0.29, 0.717) is 23.7 Å². The second kappa shape index (κ2) is 5.01. The van der Waals surface area contributed by atoms with Gasteiger partial charge < -0.3 is 11.1 Å². The molecule has 0 aromatic carbocycles. The van der Waals surface area contributed by atoms with E-state index in [1.165, 1.54) is 44.9 Å². The molecule has 112 valence electrons. The van der Waals surface area contributed by atoms with Crippen molar-refractivity contribution in [2.24, 2.45) is 35.3 Å². The van der Waals surface area contributed by atoms with E-state index in [2.05, 4.69) is 5.32 Å². The third kappa shape index (κ3) is 2.18. The Morgan fingerprint density at radius 3 is 2.10 bits per heavy atom. The van der Waals surface area contributed by atoms with Gasteiger partial charge in [0.05, 0.1) is 0 Å². The van der Waals surface area contributed by atoms with Crippen LogP contribution in [-0.2, 0) is 4.79 Å². The van der Waals surface area contributed by atoms with Crippen LogP contribution in [0.5, 0.6) is 0 Å². The second-order valence-corrected chi connectivity index (χ2v) is 8.02. The quantitative estimate of drug-likeness (QED) is 0.814. The van der Waals surface area contributed by atoms with E-state index in [1.807, 2.05) is 0 Å². The Bertz CT molecular complexity index is 366. The highest BCUT2D eigenvalue weighted by Gasteiger charge is 2.51. The molecule has 3 heteroatoms. The first-order valence-corrected chi connectivity index (χ1v) is 8.76. The maximum atomic E-state index is 12.8.